The van der Waals surface area contributed by atoms with Gasteiger partial charge >= 0.3 is 0 Å². The summed E-state index contributed by atoms with van der Waals surface area (Å²) in [5.74, 6) is 0.678. The Hall–Kier alpha value is -2.34. The van der Waals surface area contributed by atoms with Crippen molar-refractivity contribution in [2.75, 3.05) is 20.7 Å². The Kier molecular flexibility index (Phi) is 6.37. The molecule has 0 saturated heterocycles. The molecule has 1 heterocycles. The minimum Gasteiger partial charge on any atom is -0.483 e. The number of hydrogen-bond donors (Lipinski definition) is 1. The van der Waals surface area contributed by atoms with Crippen LogP contribution in [0.3, 0.4) is 0 Å². The molecule has 0 aliphatic carbocycles. The summed E-state index contributed by atoms with van der Waals surface area (Å²) >= 11 is 0. The average molecular weight is 330 g/mol. The molecule has 6 nitrogen and oxygen atoms in total. The number of aromatic nitrogens is 2. The predicted molar refractivity (Wildman–Crippen MR) is 93.9 cm³/mol. The monoisotopic (exact) mass is 330 g/mol. The molecule has 1 aromatic heterocycles. The summed E-state index contributed by atoms with van der Waals surface area (Å²) in [6.07, 6.45) is 3.75. The summed E-state index contributed by atoms with van der Waals surface area (Å²) < 4.78 is 7.62. The number of amides is 1. The molecule has 0 spiro atoms. The number of benzene rings is 1. The Bertz CT molecular complexity index is 640. The van der Waals surface area contributed by atoms with Gasteiger partial charge in [0.2, 0.25) is 0 Å². The van der Waals surface area contributed by atoms with Gasteiger partial charge in [0.25, 0.3) is 5.91 Å². The number of rotatable bonds is 8. The third kappa shape index (κ3) is 4.83. The predicted octanol–water partition coefficient (Wildman–Crippen LogP) is 2.09. The maximum Gasteiger partial charge on any atom is 0.259 e. The van der Waals surface area contributed by atoms with Gasteiger partial charge in [0.15, 0.2) is 6.61 Å². The fourth-order valence-corrected chi connectivity index (χ4v) is 2.25. The lowest BCUT2D eigenvalue weighted by Gasteiger charge is -2.22. The molecule has 6 heteroatoms. The van der Waals surface area contributed by atoms with Gasteiger partial charge in [-0.05, 0) is 26.0 Å². The molecule has 2 atom stereocenters. The van der Waals surface area contributed by atoms with Gasteiger partial charge in [0, 0.05) is 44.6 Å². The Morgan fingerprint density at radius 2 is 2.04 bits per heavy atom. The first-order valence-electron chi connectivity index (χ1n) is 8.12. The first-order chi connectivity index (χ1) is 11.5. The van der Waals surface area contributed by atoms with Gasteiger partial charge in [0.05, 0.1) is 6.04 Å². The molecular weight excluding hydrogens is 304 g/mol. The van der Waals surface area contributed by atoms with Crippen molar-refractivity contribution in [3.63, 3.8) is 0 Å². The molecule has 24 heavy (non-hydrogen) atoms. The van der Waals surface area contributed by atoms with Crippen molar-refractivity contribution in [2.45, 2.75) is 32.5 Å². The van der Waals surface area contributed by atoms with Crippen LogP contribution in [-0.2, 0) is 11.3 Å². The van der Waals surface area contributed by atoms with Gasteiger partial charge in [-0.1, -0.05) is 18.2 Å². The van der Waals surface area contributed by atoms with Crippen LogP contribution in [0.15, 0.2) is 42.7 Å². The molecule has 2 unspecified atom stereocenters. The highest BCUT2D eigenvalue weighted by Gasteiger charge is 2.15. The number of hydrogen-bond acceptors (Lipinski definition) is 4. The molecule has 0 fully saturated rings. The smallest absolute Gasteiger partial charge is 0.259 e. The van der Waals surface area contributed by atoms with Crippen molar-refractivity contribution in [3.8, 4) is 5.75 Å². The SMILES string of the molecule is CC(NCc1ccccc1OCC(=O)N(C)C)C(C)n1cccn1. The number of nitrogens with one attached hydrogen (secondary N) is 1. The molecule has 0 saturated carbocycles. The zero-order valence-electron chi connectivity index (χ0n) is 14.8. The number of nitrogens with zero attached hydrogens (tertiary/aromatic N) is 3. The minimum absolute atomic E-state index is 0.0449. The van der Waals surface area contributed by atoms with Gasteiger partial charge in [-0.3, -0.25) is 9.48 Å². The number of likely N-dealkylation sites (N-methyl/N-ethyl adjacent to an activating group) is 1. The van der Waals surface area contributed by atoms with E-state index in [1.807, 2.05) is 41.2 Å². The lowest BCUT2D eigenvalue weighted by atomic mass is 10.1. The van der Waals surface area contributed by atoms with E-state index in [0.717, 1.165) is 11.3 Å². The van der Waals surface area contributed by atoms with E-state index in [2.05, 4.69) is 24.3 Å². The van der Waals surface area contributed by atoms with Crippen LogP contribution in [0.5, 0.6) is 5.75 Å². The number of para-hydroxylation sites is 1. The van der Waals surface area contributed by atoms with Crippen molar-refractivity contribution in [1.29, 1.82) is 0 Å². The van der Waals surface area contributed by atoms with E-state index in [0.29, 0.717) is 6.54 Å². The number of carbonyl (C=O) groups excluding carboxylic acids is 1. The molecule has 0 radical (unpaired) electrons. The molecule has 130 valence electrons. The molecule has 2 aromatic rings. The van der Waals surface area contributed by atoms with E-state index >= 15 is 0 Å². The van der Waals surface area contributed by atoms with E-state index in [1.54, 1.807) is 20.3 Å². The van der Waals surface area contributed by atoms with Crippen LogP contribution < -0.4 is 10.1 Å². The van der Waals surface area contributed by atoms with E-state index in [1.165, 1.54) is 4.90 Å². The average Bonchev–Trinajstić information content (AvgIpc) is 3.11. The van der Waals surface area contributed by atoms with Crippen LogP contribution in [0.25, 0.3) is 0 Å². The zero-order valence-corrected chi connectivity index (χ0v) is 14.8. The van der Waals surface area contributed by atoms with Crippen molar-refractivity contribution in [3.05, 3.63) is 48.3 Å². The number of carbonyl (C=O) groups is 1. The normalized spacial score (nSPS) is 13.3. The van der Waals surface area contributed by atoms with Crippen LogP contribution in [0, 0.1) is 0 Å². The molecular formula is C18H26N4O2. The molecule has 0 aliphatic rings. The van der Waals surface area contributed by atoms with Crippen LogP contribution >= 0.6 is 0 Å². The van der Waals surface area contributed by atoms with E-state index in [4.69, 9.17) is 4.74 Å². The summed E-state index contributed by atoms with van der Waals surface area (Å²) in [7, 11) is 3.44. The maximum absolute atomic E-state index is 11.7. The van der Waals surface area contributed by atoms with Gasteiger partial charge in [-0.25, -0.2) is 0 Å². The highest BCUT2D eigenvalue weighted by atomic mass is 16.5. The third-order valence-corrected chi connectivity index (χ3v) is 4.10. The molecule has 1 aromatic carbocycles. The van der Waals surface area contributed by atoms with E-state index < -0.39 is 0 Å². The van der Waals surface area contributed by atoms with Crippen molar-refractivity contribution < 1.29 is 9.53 Å². The van der Waals surface area contributed by atoms with E-state index in [-0.39, 0.29) is 24.6 Å². The fraction of sp³-hybridized carbons (Fsp3) is 0.444. The second-order valence-electron chi connectivity index (χ2n) is 6.08. The molecule has 0 bridgehead atoms. The van der Waals surface area contributed by atoms with E-state index in [9.17, 15) is 4.79 Å². The summed E-state index contributed by atoms with van der Waals surface area (Å²) in [5.41, 5.74) is 1.03. The Morgan fingerprint density at radius 3 is 2.71 bits per heavy atom. The topological polar surface area (TPSA) is 59.4 Å². The largest absolute Gasteiger partial charge is 0.483 e. The Balaban J connectivity index is 1.93. The van der Waals surface area contributed by atoms with Crippen LogP contribution in [0.4, 0.5) is 0 Å². The van der Waals surface area contributed by atoms with Crippen LogP contribution in [-0.4, -0.2) is 47.3 Å². The number of ether oxygens (including phenoxy) is 1. The zero-order chi connectivity index (χ0) is 17.5. The molecule has 1 N–H and O–H groups in total. The first kappa shape index (κ1) is 18.0. The van der Waals surface area contributed by atoms with Crippen LogP contribution in [0.1, 0.15) is 25.5 Å². The highest BCUT2D eigenvalue weighted by molar-refractivity contribution is 5.77. The lowest BCUT2D eigenvalue weighted by molar-refractivity contribution is -0.130. The van der Waals surface area contributed by atoms with Crippen molar-refractivity contribution in [1.82, 2.24) is 20.0 Å². The minimum atomic E-state index is -0.0570. The Morgan fingerprint density at radius 1 is 1.29 bits per heavy atom. The van der Waals surface area contributed by atoms with Gasteiger partial charge in [0.1, 0.15) is 5.75 Å². The van der Waals surface area contributed by atoms with Gasteiger partial charge in [-0.15, -0.1) is 0 Å². The van der Waals surface area contributed by atoms with Crippen molar-refractivity contribution >= 4 is 5.91 Å². The lowest BCUT2D eigenvalue weighted by Crippen LogP contribution is -2.33. The fourth-order valence-electron chi connectivity index (χ4n) is 2.25. The van der Waals surface area contributed by atoms with Gasteiger partial charge < -0.3 is 15.0 Å². The summed E-state index contributed by atoms with van der Waals surface area (Å²) in [5, 5.41) is 7.79. The second-order valence-corrected chi connectivity index (χ2v) is 6.08. The van der Waals surface area contributed by atoms with Gasteiger partial charge in [-0.2, -0.15) is 5.10 Å². The third-order valence-electron chi connectivity index (χ3n) is 4.10. The summed E-state index contributed by atoms with van der Waals surface area (Å²) in [6.45, 7) is 4.97. The highest BCUT2D eigenvalue weighted by Crippen LogP contribution is 2.19. The second kappa shape index (κ2) is 8.49. The molecule has 1 amide bonds. The summed E-state index contributed by atoms with van der Waals surface area (Å²) in [4.78, 5) is 13.2. The maximum atomic E-state index is 11.7. The summed E-state index contributed by atoms with van der Waals surface area (Å²) in [6, 6.07) is 10.2. The quantitative estimate of drug-likeness (QED) is 0.805. The van der Waals surface area contributed by atoms with Crippen molar-refractivity contribution in [2.24, 2.45) is 0 Å². The Labute approximate surface area is 143 Å². The standard InChI is InChI=1S/C18H26N4O2/c1-14(15(2)22-11-7-10-20-22)19-12-16-8-5-6-9-17(16)24-13-18(23)21(3)4/h5-11,14-15,19H,12-13H2,1-4H3. The molecule has 0 aliphatic heterocycles. The van der Waals surface area contributed by atoms with Crippen LogP contribution in [0.2, 0.25) is 0 Å². The first-order valence-corrected chi connectivity index (χ1v) is 8.12. The molecule has 2 rings (SSSR count).